The standard InChI is InChI=1S/C11H13F3N2O2/c1-16-6-7(8(15-16)11(12,13)14)10(9(17)18)4-2-3-5-10/h6H,2-5H2,1H3,(H,17,18). The van der Waals surface area contributed by atoms with Gasteiger partial charge in [-0.25, -0.2) is 0 Å². The predicted molar refractivity (Wildman–Crippen MR) is 56.0 cm³/mol. The number of aliphatic carboxylic acids is 1. The van der Waals surface area contributed by atoms with Crippen molar-refractivity contribution < 1.29 is 23.1 Å². The van der Waals surface area contributed by atoms with Crippen molar-refractivity contribution in [2.75, 3.05) is 0 Å². The third-order valence-electron chi connectivity index (χ3n) is 3.48. The Morgan fingerprint density at radius 2 is 2.00 bits per heavy atom. The van der Waals surface area contributed by atoms with E-state index in [2.05, 4.69) is 5.10 Å². The van der Waals surface area contributed by atoms with Gasteiger partial charge in [0.2, 0.25) is 0 Å². The summed E-state index contributed by atoms with van der Waals surface area (Å²) in [6, 6.07) is 0. The first-order valence-corrected chi connectivity index (χ1v) is 5.62. The number of hydrogen-bond acceptors (Lipinski definition) is 2. The minimum Gasteiger partial charge on any atom is -0.481 e. The Bertz CT molecular complexity index is 473. The SMILES string of the molecule is Cn1cc(C2(C(=O)O)CCCC2)c(C(F)(F)F)n1. The van der Waals surface area contributed by atoms with Gasteiger partial charge in [-0.15, -0.1) is 0 Å². The lowest BCUT2D eigenvalue weighted by atomic mass is 9.79. The summed E-state index contributed by atoms with van der Waals surface area (Å²) in [7, 11) is 1.36. The molecule has 4 nitrogen and oxygen atoms in total. The summed E-state index contributed by atoms with van der Waals surface area (Å²) in [5.74, 6) is -1.20. The van der Waals surface area contributed by atoms with E-state index in [9.17, 15) is 23.1 Å². The number of hydrogen-bond donors (Lipinski definition) is 1. The number of nitrogens with zero attached hydrogens (tertiary/aromatic N) is 2. The molecule has 0 amide bonds. The first-order chi connectivity index (χ1) is 8.27. The van der Waals surface area contributed by atoms with Crippen LogP contribution < -0.4 is 0 Å². The summed E-state index contributed by atoms with van der Waals surface area (Å²) < 4.78 is 39.7. The largest absolute Gasteiger partial charge is 0.481 e. The molecule has 1 N–H and O–H groups in total. The predicted octanol–water partition coefficient (Wildman–Crippen LogP) is 2.34. The second-order valence-electron chi connectivity index (χ2n) is 4.66. The number of carbonyl (C=O) groups is 1. The van der Waals surface area contributed by atoms with E-state index in [4.69, 9.17) is 0 Å². The lowest BCUT2D eigenvalue weighted by Gasteiger charge is -2.24. The van der Waals surface area contributed by atoms with Crippen LogP contribution in [0.2, 0.25) is 0 Å². The Labute approximate surface area is 101 Å². The number of rotatable bonds is 2. The molecule has 1 heterocycles. The van der Waals surface area contributed by atoms with Crippen LogP contribution in [0.1, 0.15) is 36.9 Å². The van der Waals surface area contributed by atoms with Crippen LogP contribution in [0.4, 0.5) is 13.2 Å². The van der Waals surface area contributed by atoms with E-state index in [1.807, 2.05) is 0 Å². The molecule has 1 aromatic rings. The van der Waals surface area contributed by atoms with Gasteiger partial charge >= 0.3 is 12.1 Å². The molecular weight excluding hydrogens is 249 g/mol. The molecular formula is C11H13F3N2O2. The number of aromatic nitrogens is 2. The van der Waals surface area contributed by atoms with E-state index >= 15 is 0 Å². The molecule has 0 aromatic carbocycles. The van der Waals surface area contributed by atoms with Gasteiger partial charge in [0, 0.05) is 18.8 Å². The zero-order valence-corrected chi connectivity index (χ0v) is 9.79. The Morgan fingerprint density at radius 1 is 1.44 bits per heavy atom. The molecule has 18 heavy (non-hydrogen) atoms. The number of carboxylic acids is 1. The second-order valence-corrected chi connectivity index (χ2v) is 4.66. The highest BCUT2D eigenvalue weighted by Crippen LogP contribution is 2.45. The molecule has 1 aliphatic carbocycles. The lowest BCUT2D eigenvalue weighted by molar-refractivity contribution is -0.147. The number of carboxylic acid groups (broad SMARTS) is 1. The van der Waals surface area contributed by atoms with Crippen molar-refractivity contribution in [3.63, 3.8) is 0 Å². The molecule has 1 saturated carbocycles. The van der Waals surface area contributed by atoms with Gasteiger partial charge < -0.3 is 5.11 Å². The quantitative estimate of drug-likeness (QED) is 0.890. The molecule has 7 heteroatoms. The summed E-state index contributed by atoms with van der Waals surface area (Å²) in [5, 5.41) is 12.7. The molecule has 0 unspecified atom stereocenters. The summed E-state index contributed by atoms with van der Waals surface area (Å²) in [6.07, 6.45) is -1.73. The number of alkyl halides is 3. The average molecular weight is 262 g/mol. The molecule has 100 valence electrons. The molecule has 2 rings (SSSR count). The highest BCUT2D eigenvalue weighted by Gasteiger charge is 2.50. The second kappa shape index (κ2) is 4.00. The van der Waals surface area contributed by atoms with Gasteiger partial charge in [-0.1, -0.05) is 12.8 Å². The van der Waals surface area contributed by atoms with Gasteiger partial charge in [0.05, 0.1) is 5.41 Å². The number of halogens is 3. The van der Waals surface area contributed by atoms with E-state index in [-0.39, 0.29) is 18.4 Å². The van der Waals surface area contributed by atoms with Crippen molar-refractivity contribution >= 4 is 5.97 Å². The lowest BCUT2D eigenvalue weighted by Crippen LogP contribution is -2.34. The van der Waals surface area contributed by atoms with Crippen molar-refractivity contribution in [2.24, 2.45) is 7.05 Å². The zero-order valence-electron chi connectivity index (χ0n) is 9.79. The average Bonchev–Trinajstić information content (AvgIpc) is 2.82. The Balaban J connectivity index is 2.59. The van der Waals surface area contributed by atoms with E-state index in [0.717, 1.165) is 4.68 Å². The molecule has 1 aromatic heterocycles. The fourth-order valence-corrected chi connectivity index (χ4v) is 2.63. The van der Waals surface area contributed by atoms with Crippen molar-refractivity contribution in [3.8, 4) is 0 Å². The highest BCUT2D eigenvalue weighted by molar-refractivity contribution is 5.82. The van der Waals surface area contributed by atoms with E-state index in [1.165, 1.54) is 13.2 Å². The van der Waals surface area contributed by atoms with Crippen LogP contribution in [0, 0.1) is 0 Å². The third-order valence-corrected chi connectivity index (χ3v) is 3.48. The minimum absolute atomic E-state index is 0.206. The molecule has 0 saturated heterocycles. The first-order valence-electron chi connectivity index (χ1n) is 5.62. The van der Waals surface area contributed by atoms with Gasteiger partial charge in [-0.05, 0) is 12.8 Å². The smallest absolute Gasteiger partial charge is 0.435 e. The molecule has 0 spiro atoms. The Kier molecular flexibility index (Phi) is 2.87. The van der Waals surface area contributed by atoms with Crippen LogP contribution in [0.15, 0.2) is 6.20 Å². The normalized spacial score (nSPS) is 19.1. The number of aryl methyl sites for hydroxylation is 1. The van der Waals surface area contributed by atoms with E-state index < -0.39 is 23.3 Å². The van der Waals surface area contributed by atoms with Crippen LogP contribution in [-0.2, 0) is 23.4 Å². The molecule has 0 atom stereocenters. The maximum Gasteiger partial charge on any atom is 0.435 e. The van der Waals surface area contributed by atoms with Crippen LogP contribution in [0.3, 0.4) is 0 Å². The Hall–Kier alpha value is -1.53. The van der Waals surface area contributed by atoms with E-state index in [1.54, 1.807) is 0 Å². The van der Waals surface area contributed by atoms with Crippen molar-refractivity contribution in [1.82, 2.24) is 9.78 Å². The highest BCUT2D eigenvalue weighted by atomic mass is 19.4. The first kappa shape index (κ1) is 12.9. The Morgan fingerprint density at radius 3 is 2.44 bits per heavy atom. The van der Waals surface area contributed by atoms with Crippen LogP contribution in [0.25, 0.3) is 0 Å². The van der Waals surface area contributed by atoms with Crippen LogP contribution >= 0.6 is 0 Å². The summed E-state index contributed by atoms with van der Waals surface area (Å²) >= 11 is 0. The van der Waals surface area contributed by atoms with Crippen molar-refractivity contribution in [1.29, 1.82) is 0 Å². The summed E-state index contributed by atoms with van der Waals surface area (Å²) in [5.41, 5.74) is -2.71. The molecule has 1 fully saturated rings. The third kappa shape index (κ3) is 1.87. The van der Waals surface area contributed by atoms with Crippen molar-refractivity contribution in [3.05, 3.63) is 17.5 Å². The zero-order chi connectivity index (χ0) is 13.6. The van der Waals surface area contributed by atoms with E-state index in [0.29, 0.717) is 12.8 Å². The summed E-state index contributed by atoms with van der Waals surface area (Å²) in [6.45, 7) is 0. The van der Waals surface area contributed by atoms with Crippen LogP contribution in [0.5, 0.6) is 0 Å². The van der Waals surface area contributed by atoms with Gasteiger partial charge in [0.1, 0.15) is 0 Å². The van der Waals surface area contributed by atoms with Crippen molar-refractivity contribution in [2.45, 2.75) is 37.3 Å². The van der Waals surface area contributed by atoms with Gasteiger partial charge in [-0.2, -0.15) is 18.3 Å². The molecule has 0 bridgehead atoms. The van der Waals surface area contributed by atoms with Gasteiger partial charge in [-0.3, -0.25) is 9.48 Å². The summed E-state index contributed by atoms with van der Waals surface area (Å²) in [4.78, 5) is 11.4. The fourth-order valence-electron chi connectivity index (χ4n) is 2.63. The van der Waals surface area contributed by atoms with Gasteiger partial charge in [0.15, 0.2) is 5.69 Å². The van der Waals surface area contributed by atoms with Gasteiger partial charge in [0.25, 0.3) is 0 Å². The monoisotopic (exact) mass is 262 g/mol. The van der Waals surface area contributed by atoms with Crippen LogP contribution in [-0.4, -0.2) is 20.9 Å². The molecule has 0 radical (unpaired) electrons. The fraction of sp³-hybridized carbons (Fsp3) is 0.636. The maximum absolute atomic E-state index is 12.9. The molecule has 1 aliphatic rings. The molecule has 0 aliphatic heterocycles. The topological polar surface area (TPSA) is 55.1 Å². The maximum atomic E-state index is 12.9. The minimum atomic E-state index is -4.62.